The predicted molar refractivity (Wildman–Crippen MR) is 91.9 cm³/mol. The van der Waals surface area contributed by atoms with Crippen molar-refractivity contribution in [3.8, 4) is 0 Å². The van der Waals surface area contributed by atoms with E-state index in [0.717, 1.165) is 28.8 Å². The van der Waals surface area contributed by atoms with Crippen molar-refractivity contribution in [1.82, 2.24) is 0 Å². The van der Waals surface area contributed by atoms with Crippen molar-refractivity contribution in [2.45, 2.75) is 27.7 Å². The molecule has 19 heavy (non-hydrogen) atoms. The average Bonchev–Trinajstić information content (AvgIpc) is 2.26. The monoisotopic (exact) mass is 342 g/mol. The summed E-state index contributed by atoms with van der Waals surface area (Å²) in [6, 6.07) is 6.09. The first kappa shape index (κ1) is 16.4. The maximum absolute atomic E-state index is 5.85. The van der Waals surface area contributed by atoms with Crippen molar-refractivity contribution in [2.75, 3.05) is 18.0 Å². The minimum Gasteiger partial charge on any atom is -0.389 e. The van der Waals surface area contributed by atoms with E-state index in [9.17, 15) is 0 Å². The number of hydrogen-bond acceptors (Lipinski definition) is 2. The number of thiocarbonyl (C=S) groups is 1. The molecule has 0 aliphatic heterocycles. The molecule has 2 N–H and O–H groups in total. The molecule has 0 atom stereocenters. The van der Waals surface area contributed by atoms with Crippen LogP contribution in [0, 0.1) is 11.8 Å². The minimum absolute atomic E-state index is 0.458. The topological polar surface area (TPSA) is 29.3 Å². The molecule has 0 saturated heterocycles. The van der Waals surface area contributed by atoms with Gasteiger partial charge in [-0.25, -0.2) is 0 Å². The fourth-order valence-corrected chi connectivity index (χ4v) is 2.65. The molecular formula is C15H23BrN2S. The van der Waals surface area contributed by atoms with Crippen LogP contribution in [-0.2, 0) is 0 Å². The van der Waals surface area contributed by atoms with E-state index in [1.54, 1.807) is 0 Å². The van der Waals surface area contributed by atoms with E-state index in [1.807, 2.05) is 12.1 Å². The molecule has 0 radical (unpaired) electrons. The Kier molecular flexibility index (Phi) is 6.27. The quantitative estimate of drug-likeness (QED) is 0.785. The number of anilines is 1. The SMILES string of the molecule is CC(C)CN(CC(C)C)c1cc(Br)ccc1C(N)=S. The number of benzene rings is 1. The lowest BCUT2D eigenvalue weighted by Gasteiger charge is -2.30. The lowest BCUT2D eigenvalue weighted by atomic mass is 10.1. The highest BCUT2D eigenvalue weighted by Gasteiger charge is 2.16. The first-order valence-corrected chi connectivity index (χ1v) is 7.85. The molecule has 0 heterocycles. The summed E-state index contributed by atoms with van der Waals surface area (Å²) in [5.74, 6) is 1.19. The van der Waals surface area contributed by atoms with Gasteiger partial charge >= 0.3 is 0 Å². The van der Waals surface area contributed by atoms with E-state index in [2.05, 4.69) is 54.6 Å². The molecule has 106 valence electrons. The smallest absolute Gasteiger partial charge is 0.106 e. The van der Waals surface area contributed by atoms with E-state index in [0.29, 0.717) is 16.8 Å². The summed E-state index contributed by atoms with van der Waals surface area (Å²) in [5.41, 5.74) is 7.94. The van der Waals surface area contributed by atoms with E-state index in [4.69, 9.17) is 18.0 Å². The Morgan fingerprint density at radius 1 is 1.21 bits per heavy atom. The van der Waals surface area contributed by atoms with Gasteiger partial charge in [0.1, 0.15) is 4.99 Å². The maximum atomic E-state index is 5.85. The second kappa shape index (κ2) is 7.25. The third-order valence-corrected chi connectivity index (χ3v) is 3.45. The molecule has 0 fully saturated rings. The second-order valence-corrected chi connectivity index (χ2v) is 7.07. The molecule has 0 unspecified atom stereocenters. The number of rotatable bonds is 6. The van der Waals surface area contributed by atoms with Crippen molar-refractivity contribution in [2.24, 2.45) is 17.6 Å². The molecule has 0 bridgehead atoms. The highest BCUT2D eigenvalue weighted by atomic mass is 79.9. The second-order valence-electron chi connectivity index (χ2n) is 5.72. The van der Waals surface area contributed by atoms with Crippen molar-refractivity contribution in [3.63, 3.8) is 0 Å². The summed E-state index contributed by atoms with van der Waals surface area (Å²) in [6.45, 7) is 10.9. The fraction of sp³-hybridized carbons (Fsp3) is 0.533. The van der Waals surface area contributed by atoms with Crippen LogP contribution in [0.15, 0.2) is 22.7 Å². The Hall–Kier alpha value is -0.610. The predicted octanol–water partition coefficient (Wildman–Crippen LogP) is 4.20. The van der Waals surface area contributed by atoms with Crippen LogP contribution in [0.2, 0.25) is 0 Å². The zero-order valence-corrected chi connectivity index (χ0v) is 14.5. The summed E-state index contributed by atoms with van der Waals surface area (Å²) >= 11 is 8.71. The summed E-state index contributed by atoms with van der Waals surface area (Å²) in [7, 11) is 0. The maximum Gasteiger partial charge on any atom is 0.106 e. The number of nitrogens with two attached hydrogens (primary N) is 1. The molecule has 0 amide bonds. The Labute approximate surface area is 130 Å². The summed E-state index contributed by atoms with van der Waals surface area (Å²) in [6.07, 6.45) is 0. The van der Waals surface area contributed by atoms with Gasteiger partial charge in [0.05, 0.1) is 0 Å². The molecule has 0 saturated carbocycles. The molecule has 1 aromatic rings. The van der Waals surface area contributed by atoms with Crippen LogP contribution in [0.5, 0.6) is 0 Å². The molecule has 2 nitrogen and oxygen atoms in total. The van der Waals surface area contributed by atoms with Crippen LogP contribution < -0.4 is 10.6 Å². The molecular weight excluding hydrogens is 320 g/mol. The van der Waals surface area contributed by atoms with Crippen molar-refractivity contribution in [3.05, 3.63) is 28.2 Å². The summed E-state index contributed by atoms with van der Waals surface area (Å²) in [4.78, 5) is 2.84. The molecule has 0 aliphatic carbocycles. The molecule has 4 heteroatoms. The zero-order valence-electron chi connectivity index (χ0n) is 12.1. The lowest BCUT2D eigenvalue weighted by molar-refractivity contribution is 0.552. The number of hydrogen-bond donors (Lipinski definition) is 1. The van der Waals surface area contributed by atoms with E-state index in [-0.39, 0.29) is 0 Å². The number of halogens is 1. The Balaban J connectivity index is 3.18. The van der Waals surface area contributed by atoms with Crippen LogP contribution in [0.3, 0.4) is 0 Å². The third kappa shape index (κ3) is 5.11. The van der Waals surface area contributed by atoms with Crippen LogP contribution in [0.1, 0.15) is 33.3 Å². The Morgan fingerprint density at radius 2 is 1.74 bits per heavy atom. The standard InChI is InChI=1S/C15H23BrN2S/c1-10(2)8-18(9-11(3)4)14-7-12(16)5-6-13(14)15(17)19/h5-7,10-11H,8-9H2,1-4H3,(H2,17,19). The van der Waals surface area contributed by atoms with Crippen LogP contribution in [0.4, 0.5) is 5.69 Å². The van der Waals surface area contributed by atoms with Gasteiger partial charge in [-0.3, -0.25) is 0 Å². The van der Waals surface area contributed by atoms with Crippen LogP contribution >= 0.6 is 28.1 Å². The van der Waals surface area contributed by atoms with Gasteiger partial charge in [0, 0.05) is 28.8 Å². The van der Waals surface area contributed by atoms with Gasteiger partial charge in [0.2, 0.25) is 0 Å². The van der Waals surface area contributed by atoms with Gasteiger partial charge in [-0.1, -0.05) is 55.8 Å². The molecule has 0 aliphatic rings. The Morgan fingerprint density at radius 3 is 2.16 bits per heavy atom. The van der Waals surface area contributed by atoms with Gasteiger partial charge in [-0.05, 0) is 30.0 Å². The van der Waals surface area contributed by atoms with E-state index < -0.39 is 0 Å². The largest absolute Gasteiger partial charge is 0.389 e. The van der Waals surface area contributed by atoms with E-state index in [1.165, 1.54) is 0 Å². The van der Waals surface area contributed by atoms with Gasteiger partial charge in [0.25, 0.3) is 0 Å². The van der Waals surface area contributed by atoms with Crippen molar-refractivity contribution < 1.29 is 0 Å². The highest BCUT2D eigenvalue weighted by Crippen LogP contribution is 2.27. The first-order valence-electron chi connectivity index (χ1n) is 6.65. The molecule has 1 aromatic carbocycles. The summed E-state index contributed by atoms with van der Waals surface area (Å²) in [5, 5.41) is 0. The average molecular weight is 343 g/mol. The fourth-order valence-electron chi connectivity index (χ4n) is 2.13. The normalized spacial score (nSPS) is 11.1. The van der Waals surface area contributed by atoms with Crippen LogP contribution in [-0.4, -0.2) is 18.1 Å². The highest BCUT2D eigenvalue weighted by molar-refractivity contribution is 9.10. The van der Waals surface area contributed by atoms with Crippen LogP contribution in [0.25, 0.3) is 0 Å². The number of nitrogens with zero attached hydrogens (tertiary/aromatic N) is 1. The van der Waals surface area contributed by atoms with Crippen molar-refractivity contribution in [1.29, 1.82) is 0 Å². The van der Waals surface area contributed by atoms with Gasteiger partial charge < -0.3 is 10.6 Å². The minimum atomic E-state index is 0.458. The first-order chi connectivity index (χ1) is 8.81. The molecule has 1 rings (SSSR count). The third-order valence-electron chi connectivity index (χ3n) is 2.74. The molecule has 0 aromatic heterocycles. The van der Waals surface area contributed by atoms with Gasteiger partial charge in [-0.15, -0.1) is 0 Å². The van der Waals surface area contributed by atoms with E-state index >= 15 is 0 Å². The van der Waals surface area contributed by atoms with Gasteiger partial charge in [-0.2, -0.15) is 0 Å². The summed E-state index contributed by atoms with van der Waals surface area (Å²) < 4.78 is 1.06. The van der Waals surface area contributed by atoms with Gasteiger partial charge in [0.15, 0.2) is 0 Å². The zero-order chi connectivity index (χ0) is 14.6. The lowest BCUT2D eigenvalue weighted by Crippen LogP contribution is -2.33. The van der Waals surface area contributed by atoms with Crippen molar-refractivity contribution >= 4 is 38.8 Å². The Bertz CT molecular complexity index is 434. The molecule has 0 spiro atoms.